The molecule has 2 aromatic rings. The molecule has 1 amide bonds. The topological polar surface area (TPSA) is 79.6 Å². The maximum absolute atomic E-state index is 12.4. The largest absolute Gasteiger partial charge is 0.472 e. The minimum Gasteiger partial charge on any atom is -0.472 e. The predicted molar refractivity (Wildman–Crippen MR) is 87.8 cm³/mol. The smallest absolute Gasteiger partial charge is 0.258 e. The maximum atomic E-state index is 12.4. The van der Waals surface area contributed by atoms with Gasteiger partial charge in [-0.1, -0.05) is 13.3 Å². The molecule has 6 nitrogen and oxygen atoms in total. The Hall–Kier alpha value is -2.12. The van der Waals surface area contributed by atoms with Crippen molar-refractivity contribution in [3.63, 3.8) is 0 Å². The van der Waals surface area contributed by atoms with Crippen molar-refractivity contribution < 1.29 is 17.6 Å². The maximum Gasteiger partial charge on any atom is 0.258 e. The van der Waals surface area contributed by atoms with Crippen LogP contribution in [-0.2, 0) is 10.0 Å². The molecule has 2 rings (SSSR count). The number of nitrogens with zero attached hydrogens (tertiary/aromatic N) is 1. The molecule has 0 aliphatic carbocycles. The van der Waals surface area contributed by atoms with Crippen molar-refractivity contribution in [2.24, 2.45) is 0 Å². The molecule has 1 heterocycles. The second-order valence-corrected chi connectivity index (χ2v) is 7.22. The minimum atomic E-state index is -3.49. The van der Waals surface area contributed by atoms with Crippen LogP contribution in [0, 0.1) is 0 Å². The molecule has 7 heteroatoms. The third-order valence-corrected chi connectivity index (χ3v) is 5.30. The molecule has 0 atom stereocenters. The van der Waals surface area contributed by atoms with E-state index in [0.29, 0.717) is 17.8 Å². The lowest BCUT2D eigenvalue weighted by atomic mass is 10.3. The van der Waals surface area contributed by atoms with Crippen molar-refractivity contribution in [3.8, 4) is 0 Å². The van der Waals surface area contributed by atoms with Crippen LogP contribution in [0.25, 0.3) is 0 Å². The Balaban J connectivity index is 2.08. The fourth-order valence-electron chi connectivity index (χ4n) is 1.99. The van der Waals surface area contributed by atoms with Gasteiger partial charge in [-0.05, 0) is 36.8 Å². The quantitative estimate of drug-likeness (QED) is 0.843. The number of hydrogen-bond acceptors (Lipinski definition) is 4. The van der Waals surface area contributed by atoms with Crippen molar-refractivity contribution in [1.82, 2.24) is 4.31 Å². The summed E-state index contributed by atoms with van der Waals surface area (Å²) in [4.78, 5) is 12.1. The molecule has 1 aromatic heterocycles. The minimum absolute atomic E-state index is 0.206. The molecule has 1 N–H and O–H groups in total. The Bertz CT molecular complexity index is 737. The Kier molecular flexibility index (Phi) is 5.57. The Morgan fingerprint density at radius 3 is 2.48 bits per heavy atom. The number of unbranched alkanes of at least 4 members (excludes halogenated alkanes) is 1. The monoisotopic (exact) mass is 336 g/mol. The summed E-state index contributed by atoms with van der Waals surface area (Å²) in [5.41, 5.74) is 0.923. The molecule has 0 unspecified atom stereocenters. The van der Waals surface area contributed by atoms with Crippen LogP contribution in [-0.4, -0.2) is 32.2 Å². The summed E-state index contributed by atoms with van der Waals surface area (Å²) < 4.78 is 31.0. The second kappa shape index (κ2) is 7.43. The van der Waals surface area contributed by atoms with Gasteiger partial charge in [-0.25, -0.2) is 12.7 Å². The molecule has 0 saturated carbocycles. The molecule has 0 bridgehead atoms. The summed E-state index contributed by atoms with van der Waals surface area (Å²) in [6.07, 6.45) is 4.50. The molecule has 0 aliphatic heterocycles. The van der Waals surface area contributed by atoms with Gasteiger partial charge in [0.05, 0.1) is 16.7 Å². The van der Waals surface area contributed by atoms with Crippen LogP contribution in [0.5, 0.6) is 0 Å². The van der Waals surface area contributed by atoms with Crippen LogP contribution in [0.15, 0.2) is 52.2 Å². The van der Waals surface area contributed by atoms with Crippen molar-refractivity contribution in [2.75, 3.05) is 18.9 Å². The van der Waals surface area contributed by atoms with Gasteiger partial charge < -0.3 is 9.73 Å². The summed E-state index contributed by atoms with van der Waals surface area (Å²) >= 11 is 0. The van der Waals surface area contributed by atoms with Crippen molar-refractivity contribution in [3.05, 3.63) is 48.4 Å². The predicted octanol–water partition coefficient (Wildman–Crippen LogP) is 2.95. The van der Waals surface area contributed by atoms with Crippen LogP contribution in [0.3, 0.4) is 0 Å². The molecule has 0 spiro atoms. The first-order valence-corrected chi connectivity index (χ1v) is 8.79. The number of carbonyl (C=O) groups excluding carboxylic acids is 1. The van der Waals surface area contributed by atoms with Gasteiger partial charge >= 0.3 is 0 Å². The summed E-state index contributed by atoms with van der Waals surface area (Å²) in [6, 6.07) is 7.67. The molecular weight excluding hydrogens is 316 g/mol. The van der Waals surface area contributed by atoms with Gasteiger partial charge in [0.25, 0.3) is 5.91 Å². The van der Waals surface area contributed by atoms with Crippen LogP contribution in [0.4, 0.5) is 5.69 Å². The highest BCUT2D eigenvalue weighted by Crippen LogP contribution is 2.18. The van der Waals surface area contributed by atoms with Gasteiger partial charge in [0.1, 0.15) is 6.26 Å². The number of amides is 1. The Morgan fingerprint density at radius 1 is 1.22 bits per heavy atom. The zero-order valence-corrected chi connectivity index (χ0v) is 14.0. The van der Waals surface area contributed by atoms with Gasteiger partial charge in [-0.2, -0.15) is 0 Å². The number of benzene rings is 1. The average molecular weight is 336 g/mol. The van der Waals surface area contributed by atoms with E-state index in [-0.39, 0.29) is 10.8 Å². The fourth-order valence-corrected chi connectivity index (χ4v) is 3.20. The third-order valence-electron chi connectivity index (χ3n) is 3.43. The summed E-state index contributed by atoms with van der Waals surface area (Å²) in [5, 5.41) is 2.68. The normalized spacial score (nSPS) is 11.6. The summed E-state index contributed by atoms with van der Waals surface area (Å²) in [7, 11) is -1.93. The van der Waals surface area contributed by atoms with E-state index in [9.17, 15) is 13.2 Å². The lowest BCUT2D eigenvalue weighted by Gasteiger charge is -2.17. The zero-order chi connectivity index (χ0) is 16.9. The van der Waals surface area contributed by atoms with Gasteiger partial charge in [0.15, 0.2) is 0 Å². The van der Waals surface area contributed by atoms with E-state index in [4.69, 9.17) is 4.42 Å². The molecule has 124 valence electrons. The fraction of sp³-hybridized carbons (Fsp3) is 0.312. The number of nitrogens with one attached hydrogen (secondary N) is 1. The van der Waals surface area contributed by atoms with Gasteiger partial charge in [0.2, 0.25) is 10.0 Å². The zero-order valence-electron chi connectivity index (χ0n) is 13.2. The molecule has 0 aliphatic rings. The Morgan fingerprint density at radius 2 is 1.91 bits per heavy atom. The molecular formula is C16H20N2O4S. The van der Waals surface area contributed by atoms with E-state index < -0.39 is 10.0 Å². The number of anilines is 1. The summed E-state index contributed by atoms with van der Waals surface area (Å²) in [6.45, 7) is 2.50. The lowest BCUT2D eigenvalue weighted by molar-refractivity contribution is 0.102. The number of rotatable bonds is 7. The van der Waals surface area contributed by atoms with Crippen LogP contribution < -0.4 is 5.32 Å². The van der Waals surface area contributed by atoms with Gasteiger partial charge in [-0.3, -0.25) is 4.79 Å². The number of carbonyl (C=O) groups is 1. The van der Waals surface area contributed by atoms with E-state index in [1.54, 1.807) is 25.2 Å². The van der Waals surface area contributed by atoms with Crippen LogP contribution >= 0.6 is 0 Å². The molecule has 0 fully saturated rings. The number of furan rings is 1. The highest BCUT2D eigenvalue weighted by molar-refractivity contribution is 7.89. The molecule has 1 aromatic carbocycles. The van der Waals surface area contributed by atoms with Gasteiger partial charge in [0, 0.05) is 19.3 Å². The van der Waals surface area contributed by atoms with Crippen LogP contribution in [0.2, 0.25) is 0 Å². The molecule has 23 heavy (non-hydrogen) atoms. The molecule has 0 radical (unpaired) electrons. The molecule has 0 saturated heterocycles. The van der Waals surface area contributed by atoms with E-state index in [1.807, 2.05) is 6.92 Å². The van der Waals surface area contributed by atoms with E-state index in [2.05, 4.69) is 5.32 Å². The van der Waals surface area contributed by atoms with Crippen LogP contribution in [0.1, 0.15) is 30.1 Å². The Labute approximate surface area is 136 Å². The average Bonchev–Trinajstić information content (AvgIpc) is 3.07. The van der Waals surface area contributed by atoms with E-state index in [1.165, 1.54) is 29.0 Å². The second-order valence-electron chi connectivity index (χ2n) is 5.17. The van der Waals surface area contributed by atoms with Gasteiger partial charge in [-0.15, -0.1) is 0 Å². The summed E-state index contributed by atoms with van der Waals surface area (Å²) in [5.74, 6) is -0.311. The van der Waals surface area contributed by atoms with E-state index in [0.717, 1.165) is 12.8 Å². The van der Waals surface area contributed by atoms with E-state index >= 15 is 0 Å². The first-order chi connectivity index (χ1) is 10.9. The van der Waals surface area contributed by atoms with Crippen molar-refractivity contribution in [2.45, 2.75) is 24.7 Å². The highest BCUT2D eigenvalue weighted by atomic mass is 32.2. The standard InChI is InChI=1S/C16H20N2O4S/c1-3-4-10-18(2)23(20,21)15-7-5-14(6-8-15)17-16(19)13-9-11-22-12-13/h5-9,11-12H,3-4,10H2,1-2H3,(H,17,19). The van der Waals surface area contributed by atoms with Crippen molar-refractivity contribution >= 4 is 21.6 Å². The first kappa shape index (κ1) is 17.2. The number of sulfonamides is 1. The first-order valence-electron chi connectivity index (χ1n) is 7.35. The van der Waals surface area contributed by atoms with Crippen molar-refractivity contribution in [1.29, 1.82) is 0 Å². The third kappa shape index (κ3) is 4.20. The lowest BCUT2D eigenvalue weighted by Crippen LogP contribution is -2.27. The highest BCUT2D eigenvalue weighted by Gasteiger charge is 2.20. The SMILES string of the molecule is CCCCN(C)S(=O)(=O)c1ccc(NC(=O)c2ccoc2)cc1. The number of hydrogen-bond donors (Lipinski definition) is 1.